The number of nitrogens with one attached hydrogen (secondary N) is 1. The van der Waals surface area contributed by atoms with Crippen molar-refractivity contribution in [1.82, 2.24) is 24.7 Å². The van der Waals surface area contributed by atoms with Gasteiger partial charge in [-0.1, -0.05) is 25.1 Å². The number of carbonyl (C=O) groups excluding carboxylic acids is 1. The van der Waals surface area contributed by atoms with Crippen LogP contribution in [0.2, 0.25) is 0 Å². The molecule has 158 valence electrons. The minimum atomic E-state index is -0.494. The standard InChI is InChI=1S/C20H19FN8O2/c1-2-14(30)31-28-16-17(22)25-19(26-18(16)23)15-12-7-5-9-24-20(12)29(27-15)10-11-6-3-4-8-13(11)21/h3-9,28H,2,10H2,1H3,(H4,22,23,25,26). The SMILES string of the molecule is CCC(=O)ONc1c(N)nc(-c2nn(Cc3ccccc3F)c3ncccc23)nc1N. The van der Waals surface area contributed by atoms with Gasteiger partial charge in [-0.3, -0.25) is 0 Å². The van der Waals surface area contributed by atoms with E-state index in [4.69, 9.17) is 16.3 Å². The number of benzene rings is 1. The van der Waals surface area contributed by atoms with Crippen LogP contribution >= 0.6 is 0 Å². The number of halogens is 1. The van der Waals surface area contributed by atoms with Crippen LogP contribution in [0.25, 0.3) is 22.6 Å². The van der Waals surface area contributed by atoms with Gasteiger partial charge in [0, 0.05) is 18.2 Å². The molecule has 1 aromatic carbocycles. The minimum absolute atomic E-state index is 0.0212. The van der Waals surface area contributed by atoms with E-state index >= 15 is 0 Å². The fourth-order valence-electron chi connectivity index (χ4n) is 2.96. The molecule has 0 aliphatic carbocycles. The molecule has 0 bridgehead atoms. The number of anilines is 3. The molecule has 0 amide bonds. The van der Waals surface area contributed by atoms with E-state index in [9.17, 15) is 9.18 Å². The lowest BCUT2D eigenvalue weighted by molar-refractivity contribution is -0.140. The zero-order valence-corrected chi connectivity index (χ0v) is 16.5. The van der Waals surface area contributed by atoms with Gasteiger partial charge in [0.15, 0.2) is 28.8 Å². The fraction of sp³-hybridized carbons (Fsp3) is 0.150. The number of carbonyl (C=O) groups is 1. The number of fused-ring (bicyclic) bond motifs is 1. The predicted molar refractivity (Wildman–Crippen MR) is 113 cm³/mol. The Morgan fingerprint density at radius 3 is 2.61 bits per heavy atom. The summed E-state index contributed by atoms with van der Waals surface area (Å²) in [4.78, 5) is 29.1. The number of nitrogens with two attached hydrogens (primary N) is 2. The number of hydrogen-bond donors (Lipinski definition) is 3. The molecule has 0 radical (unpaired) electrons. The Kier molecular flexibility index (Phi) is 5.31. The summed E-state index contributed by atoms with van der Waals surface area (Å²) in [6.07, 6.45) is 1.79. The van der Waals surface area contributed by atoms with E-state index in [1.165, 1.54) is 6.07 Å². The lowest BCUT2D eigenvalue weighted by Crippen LogP contribution is -2.14. The fourth-order valence-corrected chi connectivity index (χ4v) is 2.96. The maximum Gasteiger partial charge on any atom is 0.331 e. The van der Waals surface area contributed by atoms with Crippen molar-refractivity contribution in [1.29, 1.82) is 0 Å². The van der Waals surface area contributed by atoms with E-state index < -0.39 is 5.97 Å². The Labute approximate surface area is 176 Å². The monoisotopic (exact) mass is 422 g/mol. The minimum Gasteiger partial charge on any atom is -0.382 e. The molecular formula is C20H19FN8O2. The Bertz CT molecular complexity index is 1250. The predicted octanol–water partition coefficient (Wildman–Crippen LogP) is 2.52. The number of nitrogen functional groups attached to an aromatic ring is 2. The second kappa shape index (κ2) is 8.22. The molecule has 31 heavy (non-hydrogen) atoms. The quantitative estimate of drug-likeness (QED) is 0.399. The number of rotatable bonds is 6. The summed E-state index contributed by atoms with van der Waals surface area (Å²) in [5.74, 6) is -0.718. The van der Waals surface area contributed by atoms with Gasteiger partial charge in [-0.05, 0) is 18.2 Å². The summed E-state index contributed by atoms with van der Waals surface area (Å²) in [6, 6.07) is 9.98. The number of pyridine rings is 1. The van der Waals surface area contributed by atoms with Crippen molar-refractivity contribution < 1.29 is 14.0 Å². The Balaban J connectivity index is 1.75. The van der Waals surface area contributed by atoms with Gasteiger partial charge in [0.1, 0.15) is 11.5 Å². The maximum absolute atomic E-state index is 14.1. The van der Waals surface area contributed by atoms with Crippen molar-refractivity contribution >= 4 is 34.3 Å². The van der Waals surface area contributed by atoms with Crippen molar-refractivity contribution in [3.8, 4) is 11.5 Å². The molecule has 5 N–H and O–H groups in total. The Morgan fingerprint density at radius 2 is 1.90 bits per heavy atom. The van der Waals surface area contributed by atoms with Crippen LogP contribution in [0.15, 0.2) is 42.6 Å². The lowest BCUT2D eigenvalue weighted by atomic mass is 10.2. The van der Waals surface area contributed by atoms with E-state index in [0.29, 0.717) is 22.3 Å². The van der Waals surface area contributed by atoms with E-state index in [-0.39, 0.29) is 41.9 Å². The summed E-state index contributed by atoms with van der Waals surface area (Å²) in [5, 5.41) is 5.19. The van der Waals surface area contributed by atoms with Crippen LogP contribution in [-0.2, 0) is 16.2 Å². The highest BCUT2D eigenvalue weighted by Gasteiger charge is 2.20. The Morgan fingerprint density at radius 1 is 1.16 bits per heavy atom. The summed E-state index contributed by atoms with van der Waals surface area (Å²) >= 11 is 0. The van der Waals surface area contributed by atoms with Gasteiger partial charge >= 0.3 is 5.97 Å². The van der Waals surface area contributed by atoms with Crippen molar-refractivity contribution in [2.24, 2.45) is 0 Å². The van der Waals surface area contributed by atoms with E-state index in [0.717, 1.165) is 0 Å². The van der Waals surface area contributed by atoms with E-state index in [2.05, 4.69) is 25.5 Å². The molecule has 0 aliphatic rings. The smallest absolute Gasteiger partial charge is 0.331 e. The Hall–Kier alpha value is -4.28. The molecule has 11 heteroatoms. The maximum atomic E-state index is 14.1. The van der Waals surface area contributed by atoms with Crippen molar-refractivity contribution in [3.05, 3.63) is 54.0 Å². The normalized spacial score (nSPS) is 10.9. The van der Waals surface area contributed by atoms with Gasteiger partial charge in [0.25, 0.3) is 0 Å². The first-order valence-corrected chi connectivity index (χ1v) is 9.42. The third kappa shape index (κ3) is 3.92. The van der Waals surface area contributed by atoms with Crippen molar-refractivity contribution in [2.75, 3.05) is 16.9 Å². The van der Waals surface area contributed by atoms with E-state index in [1.807, 2.05) is 0 Å². The highest BCUT2D eigenvalue weighted by atomic mass is 19.1. The number of nitrogens with zero attached hydrogens (tertiary/aromatic N) is 5. The molecule has 4 rings (SSSR count). The average molecular weight is 422 g/mol. The molecular weight excluding hydrogens is 403 g/mol. The first kappa shape index (κ1) is 20.0. The summed E-state index contributed by atoms with van der Waals surface area (Å²) in [5.41, 5.74) is 15.8. The lowest BCUT2D eigenvalue weighted by Gasteiger charge is -2.11. The molecule has 0 aliphatic heterocycles. The second-order valence-electron chi connectivity index (χ2n) is 6.59. The zero-order valence-electron chi connectivity index (χ0n) is 16.5. The van der Waals surface area contributed by atoms with Crippen LogP contribution in [0.5, 0.6) is 0 Å². The van der Waals surface area contributed by atoms with Gasteiger partial charge in [-0.15, -0.1) is 0 Å². The highest BCUT2D eigenvalue weighted by molar-refractivity contribution is 5.90. The van der Waals surface area contributed by atoms with E-state index in [1.54, 1.807) is 48.1 Å². The topological polar surface area (TPSA) is 147 Å². The van der Waals surface area contributed by atoms with Gasteiger partial charge in [0.05, 0.1) is 11.9 Å². The molecule has 0 saturated heterocycles. The third-order valence-electron chi connectivity index (χ3n) is 4.52. The van der Waals surface area contributed by atoms with Crippen LogP contribution in [0.4, 0.5) is 21.7 Å². The average Bonchev–Trinajstić information content (AvgIpc) is 3.13. The zero-order chi connectivity index (χ0) is 22.0. The molecule has 0 spiro atoms. The summed E-state index contributed by atoms with van der Waals surface area (Å²) in [6.45, 7) is 1.81. The van der Waals surface area contributed by atoms with Crippen molar-refractivity contribution in [3.63, 3.8) is 0 Å². The van der Waals surface area contributed by atoms with Crippen molar-refractivity contribution in [2.45, 2.75) is 19.9 Å². The molecule has 4 aromatic rings. The number of hydrogen-bond acceptors (Lipinski definition) is 9. The van der Waals surface area contributed by atoms with Crippen LogP contribution in [-0.4, -0.2) is 30.7 Å². The summed E-state index contributed by atoms with van der Waals surface area (Å²) in [7, 11) is 0. The molecule has 0 atom stereocenters. The van der Waals surface area contributed by atoms with Gasteiger partial charge in [-0.25, -0.2) is 34.3 Å². The molecule has 3 heterocycles. The first-order chi connectivity index (χ1) is 15.0. The van der Waals surface area contributed by atoms with Crippen LogP contribution in [0, 0.1) is 5.82 Å². The van der Waals surface area contributed by atoms with Crippen LogP contribution in [0.1, 0.15) is 18.9 Å². The molecule has 0 unspecified atom stereocenters. The van der Waals surface area contributed by atoms with Gasteiger partial charge in [-0.2, -0.15) is 5.10 Å². The third-order valence-corrected chi connectivity index (χ3v) is 4.52. The molecule has 0 fully saturated rings. The molecule has 0 saturated carbocycles. The van der Waals surface area contributed by atoms with Crippen LogP contribution < -0.4 is 16.9 Å². The summed E-state index contributed by atoms with van der Waals surface area (Å²) < 4.78 is 15.7. The van der Waals surface area contributed by atoms with Gasteiger partial charge in [0.2, 0.25) is 0 Å². The second-order valence-corrected chi connectivity index (χ2v) is 6.59. The molecule has 10 nitrogen and oxygen atoms in total. The number of aromatic nitrogens is 5. The molecule has 3 aromatic heterocycles. The van der Waals surface area contributed by atoms with Gasteiger partial charge < -0.3 is 16.3 Å². The highest BCUT2D eigenvalue weighted by Crippen LogP contribution is 2.30. The first-order valence-electron chi connectivity index (χ1n) is 9.42. The largest absolute Gasteiger partial charge is 0.382 e. The van der Waals surface area contributed by atoms with Crippen LogP contribution in [0.3, 0.4) is 0 Å².